The van der Waals surface area contributed by atoms with Crippen molar-refractivity contribution >= 4 is 23.6 Å². The van der Waals surface area contributed by atoms with E-state index in [9.17, 15) is 14.4 Å². The van der Waals surface area contributed by atoms with Crippen LogP contribution in [0.15, 0.2) is 96.6 Å². The summed E-state index contributed by atoms with van der Waals surface area (Å²) in [6.07, 6.45) is 5.31. The Morgan fingerprint density at radius 1 is 0.850 bits per heavy atom. The number of nitrogens with one attached hydrogen (secondary N) is 1. The summed E-state index contributed by atoms with van der Waals surface area (Å²) in [7, 11) is 0. The van der Waals surface area contributed by atoms with Crippen molar-refractivity contribution in [3.05, 3.63) is 113 Å². The van der Waals surface area contributed by atoms with E-state index in [4.69, 9.17) is 4.74 Å². The van der Waals surface area contributed by atoms with E-state index in [1.165, 1.54) is 0 Å². The molecule has 0 bridgehead atoms. The van der Waals surface area contributed by atoms with Crippen molar-refractivity contribution in [1.82, 2.24) is 9.80 Å². The number of hydrogen-bond donors (Lipinski definition) is 1. The monoisotopic (exact) mass is 537 g/mol. The first kappa shape index (κ1) is 27.2. The highest BCUT2D eigenvalue weighted by Gasteiger charge is 2.28. The van der Waals surface area contributed by atoms with E-state index in [2.05, 4.69) is 5.32 Å². The molecule has 3 aromatic rings. The lowest BCUT2D eigenvalue weighted by Crippen LogP contribution is -2.43. The Morgan fingerprint density at radius 3 is 2.05 bits per heavy atom. The number of hydrogen-bond acceptors (Lipinski definition) is 4. The Morgan fingerprint density at radius 2 is 1.48 bits per heavy atom. The number of anilines is 1. The van der Waals surface area contributed by atoms with Gasteiger partial charge in [0.25, 0.3) is 5.91 Å². The molecule has 1 saturated heterocycles. The predicted octanol–water partition coefficient (Wildman–Crippen LogP) is 6.18. The summed E-state index contributed by atoms with van der Waals surface area (Å²) in [6.45, 7) is 1.90. The van der Waals surface area contributed by atoms with Crippen LogP contribution in [0.25, 0.3) is 0 Å². The summed E-state index contributed by atoms with van der Waals surface area (Å²) in [4.78, 5) is 42.2. The van der Waals surface area contributed by atoms with Crippen LogP contribution in [0.3, 0.4) is 0 Å². The van der Waals surface area contributed by atoms with Gasteiger partial charge in [-0.3, -0.25) is 14.5 Å². The summed E-state index contributed by atoms with van der Waals surface area (Å²) in [6, 6.07) is 26.8. The lowest BCUT2D eigenvalue weighted by molar-refractivity contribution is -0.112. The van der Waals surface area contributed by atoms with Crippen LogP contribution < -0.4 is 5.32 Å². The number of carbonyl (C=O) groups is 3. The second kappa shape index (κ2) is 13.1. The minimum Gasteiger partial charge on any atom is -0.446 e. The molecule has 0 unspecified atom stereocenters. The first-order valence-electron chi connectivity index (χ1n) is 14.0. The first-order chi connectivity index (χ1) is 19.5. The van der Waals surface area contributed by atoms with Gasteiger partial charge in [-0.1, -0.05) is 72.3 Å². The highest BCUT2D eigenvalue weighted by atomic mass is 16.6. The molecule has 1 aliphatic heterocycles. The molecule has 0 spiro atoms. The zero-order valence-electron chi connectivity index (χ0n) is 22.6. The highest BCUT2D eigenvalue weighted by Crippen LogP contribution is 2.25. The lowest BCUT2D eigenvalue weighted by Gasteiger charge is -2.33. The van der Waals surface area contributed by atoms with Crippen molar-refractivity contribution in [2.45, 2.75) is 51.3 Å². The third kappa shape index (κ3) is 7.38. The van der Waals surface area contributed by atoms with E-state index in [0.717, 1.165) is 36.0 Å². The second-order valence-electron chi connectivity index (χ2n) is 10.4. The van der Waals surface area contributed by atoms with Crippen LogP contribution in [-0.4, -0.2) is 46.9 Å². The fourth-order valence-corrected chi connectivity index (χ4v) is 4.99. The molecule has 3 aromatic carbocycles. The van der Waals surface area contributed by atoms with E-state index in [1.54, 1.807) is 40.1 Å². The molecule has 1 heterocycles. The van der Waals surface area contributed by atoms with E-state index in [1.807, 2.05) is 60.7 Å². The predicted molar refractivity (Wildman–Crippen MR) is 155 cm³/mol. The molecule has 40 heavy (non-hydrogen) atoms. The van der Waals surface area contributed by atoms with Gasteiger partial charge in [-0.2, -0.15) is 0 Å². The van der Waals surface area contributed by atoms with Crippen LogP contribution in [0.5, 0.6) is 0 Å². The minimum atomic E-state index is -0.349. The molecule has 3 amide bonds. The van der Waals surface area contributed by atoms with Crippen LogP contribution in [-0.2, 0) is 22.6 Å². The molecule has 2 aliphatic rings. The molecule has 1 N–H and O–H groups in total. The molecule has 7 heteroatoms. The smallest absolute Gasteiger partial charge is 0.410 e. The van der Waals surface area contributed by atoms with Gasteiger partial charge in [0.15, 0.2) is 0 Å². The normalized spacial score (nSPS) is 15.1. The number of carbonyl (C=O) groups excluding carboxylic acids is 3. The average molecular weight is 538 g/mol. The standard InChI is InChI=1S/C33H35N3O4/c37-31(21-25-13-7-14-25)34-29-16-8-15-28(22-29)32(38)35-19-17-30(18-20-35)40-33(39)36(23-26-9-3-1-4-10-26)24-27-11-5-2-6-12-27/h1-6,8-12,15-16,21-22,30H,7,13-14,17-20,23-24H2,(H,34,37). The number of benzene rings is 3. The van der Waals surface area contributed by atoms with Crippen molar-refractivity contribution in [3.63, 3.8) is 0 Å². The fraction of sp³-hybridized carbons (Fsp3) is 0.303. The summed E-state index contributed by atoms with van der Waals surface area (Å²) >= 11 is 0. The van der Waals surface area contributed by atoms with Crippen LogP contribution in [0.4, 0.5) is 10.5 Å². The third-order valence-corrected chi connectivity index (χ3v) is 7.40. The van der Waals surface area contributed by atoms with E-state index in [-0.39, 0.29) is 24.0 Å². The summed E-state index contributed by atoms with van der Waals surface area (Å²) < 4.78 is 5.94. The molecule has 1 aliphatic carbocycles. The zero-order valence-corrected chi connectivity index (χ0v) is 22.6. The maximum absolute atomic E-state index is 13.3. The summed E-state index contributed by atoms with van der Waals surface area (Å²) in [5.74, 6) is -0.247. The molecule has 2 fully saturated rings. The van der Waals surface area contributed by atoms with Gasteiger partial charge >= 0.3 is 6.09 Å². The molecule has 206 valence electrons. The molecule has 7 nitrogen and oxygen atoms in total. The van der Waals surface area contributed by atoms with Crippen molar-refractivity contribution in [2.75, 3.05) is 18.4 Å². The largest absolute Gasteiger partial charge is 0.446 e. The summed E-state index contributed by atoms with van der Waals surface area (Å²) in [5, 5.41) is 2.86. The van der Waals surface area contributed by atoms with E-state index < -0.39 is 0 Å². The number of rotatable bonds is 8. The molecular formula is C33H35N3O4. The molecule has 0 atom stereocenters. The van der Waals surface area contributed by atoms with Crippen molar-refractivity contribution in [2.24, 2.45) is 0 Å². The highest BCUT2D eigenvalue weighted by molar-refractivity contribution is 6.01. The molecule has 1 saturated carbocycles. The number of nitrogens with zero attached hydrogens (tertiary/aromatic N) is 2. The van der Waals surface area contributed by atoms with Gasteiger partial charge in [0.05, 0.1) is 0 Å². The fourth-order valence-electron chi connectivity index (χ4n) is 4.99. The SMILES string of the molecule is O=C(C=C1CCC1)Nc1cccc(C(=O)N2CCC(OC(=O)N(Cc3ccccc3)Cc3ccccc3)CC2)c1. The Bertz CT molecular complexity index is 1300. The molecule has 5 rings (SSSR count). The van der Waals surface area contributed by atoms with Crippen LogP contribution >= 0.6 is 0 Å². The molecular weight excluding hydrogens is 502 g/mol. The van der Waals surface area contributed by atoms with Crippen molar-refractivity contribution < 1.29 is 19.1 Å². The number of likely N-dealkylation sites (tertiary alicyclic amines) is 1. The van der Waals surface area contributed by atoms with Gasteiger partial charge < -0.3 is 15.0 Å². The number of allylic oxidation sites excluding steroid dienone is 1. The van der Waals surface area contributed by atoms with Crippen molar-refractivity contribution in [3.8, 4) is 0 Å². The zero-order chi connectivity index (χ0) is 27.7. The Labute approximate surface area is 235 Å². The number of piperidine rings is 1. The van der Waals surface area contributed by atoms with Gasteiger partial charge in [-0.15, -0.1) is 0 Å². The van der Waals surface area contributed by atoms with Gasteiger partial charge in [-0.05, 0) is 48.6 Å². The topological polar surface area (TPSA) is 79.0 Å². The van der Waals surface area contributed by atoms with Gasteiger partial charge in [0.1, 0.15) is 6.10 Å². The maximum Gasteiger partial charge on any atom is 0.410 e. The quantitative estimate of drug-likeness (QED) is 0.348. The minimum absolute atomic E-state index is 0.0898. The van der Waals surface area contributed by atoms with Gasteiger partial charge in [0, 0.05) is 56.3 Å². The van der Waals surface area contributed by atoms with Crippen molar-refractivity contribution in [1.29, 1.82) is 0 Å². The maximum atomic E-state index is 13.3. The Balaban J connectivity index is 1.15. The Kier molecular flexibility index (Phi) is 8.91. The van der Waals surface area contributed by atoms with E-state index >= 15 is 0 Å². The van der Waals surface area contributed by atoms with Crippen LogP contribution in [0.1, 0.15) is 53.6 Å². The average Bonchev–Trinajstić information content (AvgIpc) is 2.96. The lowest BCUT2D eigenvalue weighted by atomic mass is 9.92. The second-order valence-corrected chi connectivity index (χ2v) is 10.4. The molecule has 0 aromatic heterocycles. The number of ether oxygens (including phenoxy) is 1. The van der Waals surface area contributed by atoms with Crippen LogP contribution in [0.2, 0.25) is 0 Å². The Hall–Kier alpha value is -4.39. The molecule has 0 radical (unpaired) electrons. The van der Waals surface area contributed by atoms with Crippen LogP contribution in [0, 0.1) is 0 Å². The third-order valence-electron chi connectivity index (χ3n) is 7.40. The van der Waals surface area contributed by atoms with Gasteiger partial charge in [-0.25, -0.2) is 4.79 Å². The summed E-state index contributed by atoms with van der Waals surface area (Å²) in [5.41, 5.74) is 4.37. The van der Waals surface area contributed by atoms with E-state index in [0.29, 0.717) is 50.3 Å². The number of amides is 3. The first-order valence-corrected chi connectivity index (χ1v) is 14.0. The van der Waals surface area contributed by atoms with Gasteiger partial charge in [0.2, 0.25) is 5.91 Å².